The first kappa shape index (κ1) is 17.4. The zero-order chi connectivity index (χ0) is 17.0. The molecule has 1 saturated heterocycles. The Balaban J connectivity index is 2.29. The van der Waals surface area contributed by atoms with Gasteiger partial charge in [-0.15, -0.1) is 0 Å². The van der Waals surface area contributed by atoms with Crippen molar-refractivity contribution in [2.45, 2.75) is 24.7 Å². The summed E-state index contributed by atoms with van der Waals surface area (Å²) >= 11 is 0. The highest BCUT2D eigenvalue weighted by atomic mass is 32.2. The van der Waals surface area contributed by atoms with Gasteiger partial charge in [-0.3, -0.25) is 14.9 Å². The lowest BCUT2D eigenvalue weighted by Gasteiger charge is -2.30. The lowest BCUT2D eigenvalue weighted by Crippen LogP contribution is -2.42. The molecule has 8 nitrogen and oxygen atoms in total. The number of hydrogen-bond acceptors (Lipinski definition) is 6. The van der Waals surface area contributed by atoms with Crippen LogP contribution >= 0.6 is 0 Å². The zero-order valence-corrected chi connectivity index (χ0v) is 13.5. The summed E-state index contributed by atoms with van der Waals surface area (Å²) in [6.45, 7) is 2.12. The molecule has 0 aromatic heterocycles. The normalized spacial score (nSPS) is 19.3. The van der Waals surface area contributed by atoms with Gasteiger partial charge in [-0.1, -0.05) is 12.1 Å². The van der Waals surface area contributed by atoms with Gasteiger partial charge in [-0.25, -0.2) is 8.42 Å². The summed E-state index contributed by atoms with van der Waals surface area (Å²) in [6, 6.07) is 5.21. The van der Waals surface area contributed by atoms with Crippen LogP contribution in [0.1, 0.15) is 19.8 Å². The van der Waals surface area contributed by atoms with Crippen molar-refractivity contribution in [3.8, 4) is 0 Å². The van der Waals surface area contributed by atoms with Gasteiger partial charge in [0.15, 0.2) is 4.90 Å². The number of nitro groups is 1. The molecule has 9 heteroatoms. The van der Waals surface area contributed by atoms with Gasteiger partial charge in [-0.2, -0.15) is 4.31 Å². The van der Waals surface area contributed by atoms with E-state index in [0.717, 1.165) is 10.4 Å². The molecule has 1 heterocycles. The van der Waals surface area contributed by atoms with Crippen LogP contribution < -0.4 is 0 Å². The van der Waals surface area contributed by atoms with E-state index in [0.29, 0.717) is 12.8 Å². The summed E-state index contributed by atoms with van der Waals surface area (Å²) in [5.41, 5.74) is -0.467. The molecule has 1 aromatic carbocycles. The SMILES string of the molecule is CCOC(=O)C1CCCN(S(=O)(=O)c2ccccc2[N+](=O)[O-])C1. The van der Waals surface area contributed by atoms with E-state index < -0.39 is 32.5 Å². The summed E-state index contributed by atoms with van der Waals surface area (Å²) in [7, 11) is -4.04. The third-order valence-corrected chi connectivity index (χ3v) is 5.60. The number of esters is 1. The molecule has 126 valence electrons. The molecule has 1 aliphatic heterocycles. The maximum Gasteiger partial charge on any atom is 0.310 e. The van der Waals surface area contributed by atoms with Crippen molar-refractivity contribution < 1.29 is 22.9 Å². The first-order valence-electron chi connectivity index (χ1n) is 7.28. The lowest BCUT2D eigenvalue weighted by atomic mass is 10.0. The Labute approximate surface area is 134 Å². The van der Waals surface area contributed by atoms with Gasteiger partial charge in [0, 0.05) is 19.2 Å². The van der Waals surface area contributed by atoms with Crippen LogP contribution in [-0.2, 0) is 19.6 Å². The number of carbonyl (C=O) groups is 1. The molecule has 0 bridgehead atoms. The maximum absolute atomic E-state index is 12.7. The third kappa shape index (κ3) is 3.67. The molecule has 0 N–H and O–H groups in total. The highest BCUT2D eigenvalue weighted by Gasteiger charge is 2.36. The van der Waals surface area contributed by atoms with Crippen LogP contribution in [-0.4, -0.2) is 43.3 Å². The molecule has 2 rings (SSSR count). The number of rotatable bonds is 5. The van der Waals surface area contributed by atoms with Crippen LogP contribution in [0.3, 0.4) is 0 Å². The van der Waals surface area contributed by atoms with Crippen molar-refractivity contribution in [3.63, 3.8) is 0 Å². The van der Waals surface area contributed by atoms with Crippen molar-refractivity contribution in [2.75, 3.05) is 19.7 Å². The highest BCUT2D eigenvalue weighted by molar-refractivity contribution is 7.89. The number of nitro benzene ring substituents is 1. The Hall–Kier alpha value is -2.00. The lowest BCUT2D eigenvalue weighted by molar-refractivity contribution is -0.387. The largest absolute Gasteiger partial charge is 0.466 e. The Morgan fingerprint density at radius 1 is 1.43 bits per heavy atom. The van der Waals surface area contributed by atoms with Gasteiger partial charge in [0.25, 0.3) is 5.69 Å². The van der Waals surface area contributed by atoms with Crippen molar-refractivity contribution in [3.05, 3.63) is 34.4 Å². The van der Waals surface area contributed by atoms with Crippen LogP contribution in [0.15, 0.2) is 29.2 Å². The average Bonchev–Trinajstić information content (AvgIpc) is 2.55. The summed E-state index contributed by atoms with van der Waals surface area (Å²) in [5, 5.41) is 11.1. The van der Waals surface area contributed by atoms with E-state index in [-0.39, 0.29) is 24.6 Å². The molecular formula is C14H18N2O6S. The van der Waals surface area contributed by atoms with Crippen LogP contribution in [0.5, 0.6) is 0 Å². The molecule has 0 amide bonds. The van der Waals surface area contributed by atoms with Crippen LogP contribution in [0.4, 0.5) is 5.69 Å². The minimum Gasteiger partial charge on any atom is -0.466 e. The fourth-order valence-corrected chi connectivity index (χ4v) is 4.26. The predicted octanol–water partition coefficient (Wildman–Crippen LogP) is 1.56. The number of para-hydroxylation sites is 1. The van der Waals surface area contributed by atoms with Crippen molar-refractivity contribution >= 4 is 21.7 Å². The standard InChI is InChI=1S/C14H18N2O6S/c1-2-22-14(17)11-6-5-9-15(10-11)23(20,21)13-8-4-3-7-12(13)16(18)19/h3-4,7-8,11H,2,5-6,9-10H2,1H3. The number of hydrogen-bond donors (Lipinski definition) is 0. The second kappa shape index (κ2) is 7.05. The molecule has 0 radical (unpaired) electrons. The van der Waals surface area contributed by atoms with Crippen LogP contribution in [0, 0.1) is 16.0 Å². The topological polar surface area (TPSA) is 107 Å². The van der Waals surface area contributed by atoms with E-state index in [4.69, 9.17) is 4.74 Å². The molecule has 23 heavy (non-hydrogen) atoms. The molecule has 1 aliphatic rings. The molecular weight excluding hydrogens is 324 g/mol. The monoisotopic (exact) mass is 342 g/mol. The van der Waals surface area contributed by atoms with E-state index in [2.05, 4.69) is 0 Å². The fraction of sp³-hybridized carbons (Fsp3) is 0.500. The van der Waals surface area contributed by atoms with E-state index in [9.17, 15) is 23.3 Å². The quantitative estimate of drug-likeness (QED) is 0.456. The number of carbonyl (C=O) groups excluding carboxylic acids is 1. The van der Waals surface area contributed by atoms with E-state index in [1.54, 1.807) is 6.92 Å². The van der Waals surface area contributed by atoms with Gasteiger partial charge in [0.05, 0.1) is 17.4 Å². The molecule has 1 aromatic rings. The predicted molar refractivity (Wildman–Crippen MR) is 81.2 cm³/mol. The Morgan fingerprint density at radius 2 is 2.13 bits per heavy atom. The minimum absolute atomic E-state index is 0.0206. The van der Waals surface area contributed by atoms with Crippen molar-refractivity contribution in [1.29, 1.82) is 0 Å². The number of nitrogens with zero attached hydrogens (tertiary/aromatic N) is 2. The fourth-order valence-electron chi connectivity index (χ4n) is 2.58. The van der Waals surface area contributed by atoms with E-state index in [1.807, 2.05) is 0 Å². The number of sulfonamides is 1. The van der Waals surface area contributed by atoms with E-state index >= 15 is 0 Å². The Bertz CT molecular complexity index is 703. The van der Waals surface area contributed by atoms with Gasteiger partial charge < -0.3 is 4.74 Å². The Kier molecular flexibility index (Phi) is 5.32. The summed E-state index contributed by atoms with van der Waals surface area (Å²) < 4.78 is 31.5. The molecule has 1 atom stereocenters. The van der Waals surface area contributed by atoms with Gasteiger partial charge in [0.2, 0.25) is 10.0 Å². The molecule has 0 saturated carbocycles. The molecule has 0 aliphatic carbocycles. The minimum atomic E-state index is -4.04. The Morgan fingerprint density at radius 3 is 2.78 bits per heavy atom. The number of piperidine rings is 1. The summed E-state index contributed by atoms with van der Waals surface area (Å²) in [6.07, 6.45) is 1.05. The summed E-state index contributed by atoms with van der Waals surface area (Å²) in [5.74, 6) is -0.976. The maximum atomic E-state index is 12.7. The molecule has 1 fully saturated rings. The van der Waals surface area contributed by atoms with Gasteiger partial charge in [-0.05, 0) is 25.8 Å². The number of ether oxygens (including phenoxy) is 1. The molecule has 1 unspecified atom stereocenters. The zero-order valence-electron chi connectivity index (χ0n) is 12.7. The molecule has 0 spiro atoms. The van der Waals surface area contributed by atoms with Gasteiger partial charge in [0.1, 0.15) is 0 Å². The second-order valence-electron chi connectivity index (χ2n) is 5.18. The average molecular weight is 342 g/mol. The third-order valence-electron chi connectivity index (χ3n) is 3.68. The van der Waals surface area contributed by atoms with Crippen molar-refractivity contribution in [1.82, 2.24) is 4.31 Å². The second-order valence-corrected chi connectivity index (χ2v) is 7.09. The first-order valence-corrected chi connectivity index (χ1v) is 8.72. The van der Waals surface area contributed by atoms with E-state index in [1.165, 1.54) is 18.2 Å². The number of benzene rings is 1. The smallest absolute Gasteiger partial charge is 0.310 e. The first-order chi connectivity index (χ1) is 10.9. The van der Waals surface area contributed by atoms with Gasteiger partial charge >= 0.3 is 5.97 Å². The highest BCUT2D eigenvalue weighted by Crippen LogP contribution is 2.29. The summed E-state index contributed by atoms with van der Waals surface area (Å²) in [4.78, 5) is 21.8. The van der Waals surface area contributed by atoms with Crippen LogP contribution in [0.2, 0.25) is 0 Å². The van der Waals surface area contributed by atoms with Crippen LogP contribution in [0.25, 0.3) is 0 Å². The van der Waals surface area contributed by atoms with Crippen molar-refractivity contribution in [2.24, 2.45) is 5.92 Å².